The van der Waals surface area contributed by atoms with Gasteiger partial charge in [-0.05, 0) is 36.5 Å². The number of rotatable bonds is 13. The average molecular weight is 523 g/mol. The third kappa shape index (κ3) is 9.54. The van der Waals surface area contributed by atoms with Gasteiger partial charge in [0, 0.05) is 26.1 Å². The van der Waals surface area contributed by atoms with E-state index in [1.54, 1.807) is 16.9 Å². The number of carbonyl (C=O) groups excluding carboxylic acids is 2. The number of nitrogens with zero attached hydrogens (tertiary/aromatic N) is 6. The van der Waals surface area contributed by atoms with Gasteiger partial charge in [0.15, 0.2) is 5.69 Å². The average Bonchev–Trinajstić information content (AvgIpc) is 3.50. The SMILES string of the molecule is CC(C)CC(=O)NCc1cn(CCCCN(Cc2cccc(OC(F)(F)F)c2)C(=O)c2c[nH]nn2)nn1. The fourth-order valence-corrected chi connectivity index (χ4v) is 3.52. The molecule has 2 N–H and O–H groups in total. The zero-order valence-corrected chi connectivity index (χ0v) is 20.5. The van der Waals surface area contributed by atoms with Crippen molar-refractivity contribution in [1.29, 1.82) is 0 Å². The summed E-state index contributed by atoms with van der Waals surface area (Å²) in [7, 11) is 0. The second-order valence-corrected chi connectivity index (χ2v) is 8.84. The van der Waals surface area contributed by atoms with Crippen LogP contribution in [0.15, 0.2) is 36.7 Å². The first-order valence-corrected chi connectivity index (χ1v) is 11.7. The normalized spacial score (nSPS) is 11.5. The summed E-state index contributed by atoms with van der Waals surface area (Å²) in [6, 6.07) is 5.49. The fraction of sp³-hybridized carbons (Fsp3) is 0.478. The number of unbranched alkanes of at least 4 members (excludes halogenated alkanes) is 1. The van der Waals surface area contributed by atoms with Crippen molar-refractivity contribution in [3.63, 3.8) is 0 Å². The summed E-state index contributed by atoms with van der Waals surface area (Å²) in [6.45, 7) is 5.15. The monoisotopic (exact) mass is 522 g/mol. The minimum atomic E-state index is -4.81. The van der Waals surface area contributed by atoms with Gasteiger partial charge < -0.3 is 15.0 Å². The minimum Gasteiger partial charge on any atom is -0.406 e. The molecule has 3 aromatic rings. The lowest BCUT2D eigenvalue weighted by Gasteiger charge is -2.22. The van der Waals surface area contributed by atoms with Crippen molar-refractivity contribution in [3.05, 3.63) is 53.6 Å². The molecule has 2 amide bonds. The molecule has 0 atom stereocenters. The molecule has 0 fully saturated rings. The van der Waals surface area contributed by atoms with Crippen LogP contribution in [0.2, 0.25) is 0 Å². The number of H-pyrrole nitrogens is 1. The van der Waals surface area contributed by atoms with E-state index < -0.39 is 12.3 Å². The maximum absolute atomic E-state index is 12.9. The fourth-order valence-electron chi connectivity index (χ4n) is 3.52. The Hall–Kier alpha value is -3.97. The molecule has 0 radical (unpaired) electrons. The quantitative estimate of drug-likeness (QED) is 0.330. The molecule has 200 valence electrons. The first-order chi connectivity index (χ1) is 17.6. The standard InChI is InChI=1S/C23H29F3N8O3/c1-16(2)10-21(35)27-12-18-15-34(32-29-18)9-4-3-8-33(22(36)20-13-28-31-30-20)14-17-6-5-7-19(11-17)37-23(24,25)26/h5-7,11,13,15-16H,3-4,8-10,12,14H2,1-2H3,(H,27,35)(H,28,30,31). The van der Waals surface area contributed by atoms with Gasteiger partial charge in [0.05, 0.1) is 18.9 Å². The third-order valence-corrected chi connectivity index (χ3v) is 5.14. The highest BCUT2D eigenvalue weighted by Gasteiger charge is 2.31. The minimum absolute atomic E-state index is 0.0445. The Morgan fingerprint density at radius 3 is 2.73 bits per heavy atom. The van der Waals surface area contributed by atoms with Gasteiger partial charge >= 0.3 is 6.36 Å². The molecule has 0 saturated carbocycles. The lowest BCUT2D eigenvalue weighted by atomic mass is 10.1. The third-order valence-electron chi connectivity index (χ3n) is 5.14. The van der Waals surface area contributed by atoms with Gasteiger partial charge in [0.25, 0.3) is 5.91 Å². The maximum atomic E-state index is 12.9. The van der Waals surface area contributed by atoms with E-state index in [0.717, 1.165) is 0 Å². The molecule has 1 aromatic carbocycles. The highest BCUT2D eigenvalue weighted by Crippen LogP contribution is 2.24. The van der Waals surface area contributed by atoms with Gasteiger partial charge in [-0.1, -0.05) is 36.4 Å². The molecule has 3 rings (SSSR count). The number of carbonyl (C=O) groups is 2. The molecule has 14 heteroatoms. The van der Waals surface area contributed by atoms with Crippen molar-refractivity contribution in [1.82, 2.24) is 40.6 Å². The lowest BCUT2D eigenvalue weighted by molar-refractivity contribution is -0.274. The number of halogens is 3. The molecule has 37 heavy (non-hydrogen) atoms. The van der Waals surface area contributed by atoms with E-state index >= 15 is 0 Å². The van der Waals surface area contributed by atoms with Crippen LogP contribution in [0.1, 0.15) is 54.9 Å². The summed E-state index contributed by atoms with van der Waals surface area (Å²) < 4.78 is 43.4. The molecule has 0 spiro atoms. The van der Waals surface area contributed by atoms with Gasteiger partial charge in [0.1, 0.15) is 11.4 Å². The lowest BCUT2D eigenvalue weighted by Crippen LogP contribution is -2.32. The largest absolute Gasteiger partial charge is 0.573 e. The Balaban J connectivity index is 1.54. The summed E-state index contributed by atoms with van der Waals surface area (Å²) in [5.41, 5.74) is 1.21. The van der Waals surface area contributed by atoms with Gasteiger partial charge in [-0.25, -0.2) is 0 Å². The molecule has 2 heterocycles. The zero-order valence-electron chi connectivity index (χ0n) is 20.5. The number of hydrogen-bond acceptors (Lipinski definition) is 7. The van der Waals surface area contributed by atoms with Crippen molar-refractivity contribution in [2.75, 3.05) is 6.54 Å². The summed E-state index contributed by atoms with van der Waals surface area (Å²) in [5, 5.41) is 20.7. The van der Waals surface area contributed by atoms with Crippen molar-refractivity contribution in [2.24, 2.45) is 5.92 Å². The first kappa shape index (κ1) is 27.6. The van der Waals surface area contributed by atoms with E-state index in [4.69, 9.17) is 0 Å². The highest BCUT2D eigenvalue weighted by molar-refractivity contribution is 5.91. The van der Waals surface area contributed by atoms with Gasteiger partial charge in [-0.2, -0.15) is 0 Å². The maximum Gasteiger partial charge on any atom is 0.573 e. The number of benzene rings is 1. The second kappa shape index (κ2) is 12.8. The summed E-state index contributed by atoms with van der Waals surface area (Å²) in [5.74, 6) is -0.544. The van der Waals surface area contributed by atoms with Crippen LogP contribution in [0, 0.1) is 5.92 Å². The molecule has 0 saturated heterocycles. The van der Waals surface area contributed by atoms with E-state index in [1.807, 2.05) is 13.8 Å². The van der Waals surface area contributed by atoms with Crippen LogP contribution in [0.3, 0.4) is 0 Å². The molecule has 0 unspecified atom stereocenters. The van der Waals surface area contributed by atoms with E-state index in [-0.39, 0.29) is 29.8 Å². The number of ether oxygens (including phenoxy) is 1. The molecule has 0 bridgehead atoms. The van der Waals surface area contributed by atoms with Crippen LogP contribution in [0.5, 0.6) is 5.75 Å². The van der Waals surface area contributed by atoms with Gasteiger partial charge in [-0.3, -0.25) is 19.4 Å². The van der Waals surface area contributed by atoms with Gasteiger partial charge in [-0.15, -0.1) is 23.4 Å². The number of aryl methyl sites for hydroxylation is 1. The van der Waals surface area contributed by atoms with Crippen molar-refractivity contribution < 1.29 is 27.5 Å². The second-order valence-electron chi connectivity index (χ2n) is 8.84. The summed E-state index contributed by atoms with van der Waals surface area (Å²) in [4.78, 5) is 26.2. The highest BCUT2D eigenvalue weighted by atomic mass is 19.4. The van der Waals surface area contributed by atoms with Crippen LogP contribution in [0.25, 0.3) is 0 Å². The molecule has 0 aliphatic carbocycles. The summed E-state index contributed by atoms with van der Waals surface area (Å²) in [6.07, 6.45) is -0.0203. The van der Waals surface area contributed by atoms with Crippen LogP contribution < -0.4 is 10.1 Å². The number of aromatic nitrogens is 6. The van der Waals surface area contributed by atoms with Crippen LogP contribution in [-0.2, 0) is 24.4 Å². The number of hydrogen-bond donors (Lipinski definition) is 2. The van der Waals surface area contributed by atoms with E-state index in [9.17, 15) is 22.8 Å². The number of aromatic amines is 1. The Morgan fingerprint density at radius 2 is 2.03 bits per heavy atom. The van der Waals surface area contributed by atoms with Crippen molar-refractivity contribution in [3.8, 4) is 5.75 Å². The molecule has 2 aromatic heterocycles. The topological polar surface area (TPSA) is 131 Å². The van der Waals surface area contributed by atoms with E-state index in [0.29, 0.717) is 50.2 Å². The van der Waals surface area contributed by atoms with E-state index in [2.05, 4.69) is 35.8 Å². The molecule has 0 aliphatic heterocycles. The predicted octanol–water partition coefficient (Wildman–Crippen LogP) is 3.08. The molecular formula is C23H29F3N8O3. The Labute approximate surface area is 211 Å². The van der Waals surface area contributed by atoms with Crippen molar-refractivity contribution in [2.45, 2.75) is 59.1 Å². The predicted molar refractivity (Wildman–Crippen MR) is 125 cm³/mol. The smallest absolute Gasteiger partial charge is 0.406 e. The number of amides is 2. The summed E-state index contributed by atoms with van der Waals surface area (Å²) >= 11 is 0. The first-order valence-electron chi connectivity index (χ1n) is 11.7. The number of alkyl halides is 3. The zero-order chi connectivity index (χ0) is 26.8. The van der Waals surface area contributed by atoms with E-state index in [1.165, 1.54) is 29.3 Å². The Kier molecular flexibility index (Phi) is 9.57. The van der Waals surface area contributed by atoms with Crippen LogP contribution in [0.4, 0.5) is 13.2 Å². The Bertz CT molecular complexity index is 1150. The van der Waals surface area contributed by atoms with Crippen molar-refractivity contribution >= 4 is 11.8 Å². The molecule has 0 aliphatic rings. The van der Waals surface area contributed by atoms with Crippen LogP contribution >= 0.6 is 0 Å². The Morgan fingerprint density at radius 1 is 1.22 bits per heavy atom. The van der Waals surface area contributed by atoms with Crippen LogP contribution in [-0.4, -0.2) is 60.0 Å². The number of nitrogens with one attached hydrogen (secondary N) is 2. The molecular weight excluding hydrogens is 493 g/mol. The van der Waals surface area contributed by atoms with Gasteiger partial charge in [0.2, 0.25) is 5.91 Å². The molecule has 11 nitrogen and oxygen atoms in total.